The van der Waals surface area contributed by atoms with E-state index in [-0.39, 0.29) is 0 Å². The maximum absolute atomic E-state index is 5.25. The molecule has 0 N–H and O–H groups in total. The first kappa shape index (κ1) is 7.76. The van der Waals surface area contributed by atoms with E-state index in [1.165, 1.54) is 0 Å². The van der Waals surface area contributed by atoms with E-state index < -0.39 is 0 Å². The fourth-order valence-electron chi connectivity index (χ4n) is 1.31. The van der Waals surface area contributed by atoms with Gasteiger partial charge < -0.3 is 4.74 Å². The van der Waals surface area contributed by atoms with Crippen LogP contribution < -0.4 is 0 Å². The third-order valence-electron chi connectivity index (χ3n) is 1.96. The number of hydrogen-bond acceptors (Lipinski definition) is 4. The lowest BCUT2D eigenvalue weighted by molar-refractivity contribution is -0.0430. The van der Waals surface area contributed by atoms with Gasteiger partial charge in [-0.15, -0.1) is 0 Å². The third kappa shape index (κ3) is 1.65. The van der Waals surface area contributed by atoms with Crippen LogP contribution >= 0.6 is 0 Å². The molecule has 1 radical (unpaired) electrons. The minimum Gasteiger partial charge on any atom is -0.379 e. The minimum atomic E-state index is 0.807. The first-order valence-corrected chi connectivity index (χ1v) is 4.17. The Labute approximate surface area is 72.1 Å². The van der Waals surface area contributed by atoms with Crippen molar-refractivity contribution < 1.29 is 4.74 Å². The Balaban J connectivity index is 1.90. The molecule has 2 heterocycles. The first-order valence-electron chi connectivity index (χ1n) is 4.17. The largest absolute Gasteiger partial charge is 0.379 e. The average molecular weight is 166 g/mol. The van der Waals surface area contributed by atoms with Gasteiger partial charge in [-0.25, -0.2) is 10.0 Å². The lowest BCUT2D eigenvalue weighted by Crippen LogP contribution is -2.48. The second-order valence-electron chi connectivity index (χ2n) is 2.76. The van der Waals surface area contributed by atoms with Crippen molar-refractivity contribution in [1.82, 2.24) is 10.0 Å². The summed E-state index contributed by atoms with van der Waals surface area (Å²) in [6.45, 7) is 4.38. The predicted molar refractivity (Wildman–Crippen MR) is 45.7 cm³/mol. The molecule has 0 bridgehead atoms. The van der Waals surface area contributed by atoms with Crippen molar-refractivity contribution >= 4 is 6.34 Å². The zero-order valence-electron chi connectivity index (χ0n) is 6.94. The van der Waals surface area contributed by atoms with Crippen LogP contribution in [0.5, 0.6) is 0 Å². The quantitative estimate of drug-likeness (QED) is 0.547. The van der Waals surface area contributed by atoms with Crippen LogP contribution in [0.25, 0.3) is 0 Å². The normalized spacial score (nSPS) is 24.8. The van der Waals surface area contributed by atoms with E-state index in [0.29, 0.717) is 0 Å². The van der Waals surface area contributed by atoms with Crippen molar-refractivity contribution in [3.05, 3.63) is 12.3 Å². The fraction of sp³-hybridized carbons (Fsp3) is 0.625. The maximum Gasteiger partial charge on any atom is 0.188 e. The monoisotopic (exact) mass is 166 g/mol. The summed E-state index contributed by atoms with van der Waals surface area (Å²) in [5.41, 5.74) is 0. The molecule has 0 atom stereocenters. The number of hydrogen-bond donors (Lipinski definition) is 0. The van der Waals surface area contributed by atoms with E-state index in [0.717, 1.165) is 32.8 Å². The summed E-state index contributed by atoms with van der Waals surface area (Å²) in [4.78, 5) is 3.95. The Morgan fingerprint density at radius 1 is 1.33 bits per heavy atom. The number of rotatable bonds is 1. The van der Waals surface area contributed by atoms with Crippen molar-refractivity contribution in [1.29, 1.82) is 0 Å². The van der Waals surface area contributed by atoms with Crippen molar-refractivity contribution in [3.8, 4) is 0 Å². The smallest absolute Gasteiger partial charge is 0.188 e. The van der Waals surface area contributed by atoms with Crippen LogP contribution in [0.4, 0.5) is 0 Å². The molecule has 0 aromatic heterocycles. The Morgan fingerprint density at radius 3 is 2.83 bits per heavy atom. The molecular weight excluding hydrogens is 154 g/mol. The van der Waals surface area contributed by atoms with Gasteiger partial charge in [0.25, 0.3) is 0 Å². The Bertz CT molecular complexity index is 196. The minimum absolute atomic E-state index is 0.807. The van der Waals surface area contributed by atoms with Crippen molar-refractivity contribution in [2.75, 3.05) is 32.8 Å². The highest BCUT2D eigenvalue weighted by Gasteiger charge is 2.16. The molecule has 4 heteroatoms. The molecule has 0 aliphatic carbocycles. The number of ether oxygens (including phenoxy) is 1. The lowest BCUT2D eigenvalue weighted by Gasteiger charge is -2.35. The summed E-state index contributed by atoms with van der Waals surface area (Å²) in [5.74, 6) is 0. The van der Waals surface area contributed by atoms with E-state index >= 15 is 0 Å². The molecule has 2 aliphatic rings. The van der Waals surface area contributed by atoms with Crippen LogP contribution in [0.1, 0.15) is 0 Å². The molecule has 0 aromatic rings. The standard InChI is InChI=1S/C8H12N3O/c1-2-9-8-11(3-1)10-4-6-12-7-5-10/h1-2H,3-7H2. The van der Waals surface area contributed by atoms with Crippen LogP contribution in [-0.2, 0) is 4.74 Å². The first-order chi connectivity index (χ1) is 5.97. The van der Waals surface area contributed by atoms with Crippen LogP contribution in [0.2, 0.25) is 0 Å². The molecule has 0 saturated carbocycles. The van der Waals surface area contributed by atoms with Crippen LogP contribution in [0.15, 0.2) is 17.3 Å². The molecule has 0 aromatic carbocycles. The Hall–Kier alpha value is -0.870. The van der Waals surface area contributed by atoms with Gasteiger partial charge in [-0.1, -0.05) is 0 Å². The summed E-state index contributed by atoms with van der Waals surface area (Å²) >= 11 is 0. The number of morpholine rings is 1. The second kappa shape index (κ2) is 3.69. The van der Waals surface area contributed by atoms with Gasteiger partial charge in [0.15, 0.2) is 6.34 Å². The van der Waals surface area contributed by atoms with Crippen LogP contribution in [-0.4, -0.2) is 49.2 Å². The summed E-state index contributed by atoms with van der Waals surface area (Å²) in [6.07, 6.45) is 6.73. The molecule has 2 aliphatic heterocycles. The van der Waals surface area contributed by atoms with E-state index in [2.05, 4.69) is 16.3 Å². The number of hydrazine groups is 1. The zero-order valence-corrected chi connectivity index (χ0v) is 6.94. The van der Waals surface area contributed by atoms with Gasteiger partial charge in [0, 0.05) is 19.3 Å². The van der Waals surface area contributed by atoms with E-state index in [1.54, 1.807) is 6.20 Å². The van der Waals surface area contributed by atoms with Crippen LogP contribution in [0, 0.1) is 0 Å². The van der Waals surface area contributed by atoms with Gasteiger partial charge in [0.2, 0.25) is 0 Å². The van der Waals surface area contributed by atoms with Gasteiger partial charge in [0.05, 0.1) is 19.8 Å². The van der Waals surface area contributed by atoms with Crippen LogP contribution in [0.3, 0.4) is 0 Å². The molecule has 0 spiro atoms. The van der Waals surface area contributed by atoms with Gasteiger partial charge in [-0.3, -0.25) is 5.01 Å². The van der Waals surface area contributed by atoms with Gasteiger partial charge in [-0.2, -0.15) is 0 Å². The van der Waals surface area contributed by atoms with Gasteiger partial charge in [-0.05, 0) is 6.08 Å². The number of aliphatic imine (C=N–C) groups is 1. The zero-order chi connectivity index (χ0) is 8.23. The highest BCUT2D eigenvalue weighted by molar-refractivity contribution is 5.56. The SMILES string of the molecule is [C]1=NC=CCN1N1CCOCC1. The number of nitrogens with zero attached hydrogens (tertiary/aromatic N) is 3. The highest BCUT2D eigenvalue weighted by Crippen LogP contribution is 2.03. The summed E-state index contributed by atoms with van der Waals surface area (Å²) in [5, 5.41) is 4.21. The van der Waals surface area contributed by atoms with E-state index in [4.69, 9.17) is 4.74 Å². The molecule has 12 heavy (non-hydrogen) atoms. The molecule has 1 saturated heterocycles. The van der Waals surface area contributed by atoms with Gasteiger partial charge in [0.1, 0.15) is 0 Å². The second-order valence-corrected chi connectivity index (χ2v) is 2.76. The summed E-state index contributed by atoms with van der Waals surface area (Å²) < 4.78 is 5.25. The molecular formula is C8H12N3O. The molecule has 65 valence electrons. The molecule has 4 nitrogen and oxygen atoms in total. The molecule has 1 fully saturated rings. The van der Waals surface area contributed by atoms with Crippen molar-refractivity contribution in [2.24, 2.45) is 4.99 Å². The molecule has 2 rings (SSSR count). The molecule has 0 amide bonds. The van der Waals surface area contributed by atoms with Gasteiger partial charge >= 0.3 is 0 Å². The summed E-state index contributed by atoms with van der Waals surface area (Å²) in [7, 11) is 0. The highest BCUT2D eigenvalue weighted by atomic mass is 16.5. The van der Waals surface area contributed by atoms with E-state index in [9.17, 15) is 0 Å². The summed E-state index contributed by atoms with van der Waals surface area (Å²) in [6, 6.07) is 0. The average Bonchev–Trinajstić information content (AvgIpc) is 2.21. The topological polar surface area (TPSA) is 28.1 Å². The lowest BCUT2D eigenvalue weighted by atomic mass is 10.4. The fourth-order valence-corrected chi connectivity index (χ4v) is 1.31. The molecule has 0 unspecified atom stereocenters. The predicted octanol–water partition coefficient (Wildman–Crippen LogP) is -0.0318. The Kier molecular flexibility index (Phi) is 2.39. The van der Waals surface area contributed by atoms with E-state index in [1.807, 2.05) is 11.1 Å². The third-order valence-corrected chi connectivity index (χ3v) is 1.96. The van der Waals surface area contributed by atoms with Crippen molar-refractivity contribution in [3.63, 3.8) is 0 Å². The Morgan fingerprint density at radius 2 is 2.17 bits per heavy atom. The maximum atomic E-state index is 5.25. The van der Waals surface area contributed by atoms with Crippen molar-refractivity contribution in [2.45, 2.75) is 0 Å².